The Hall–Kier alpha value is -3.14. The number of rotatable bonds is 3. The second-order valence-electron chi connectivity index (χ2n) is 7.68. The van der Waals surface area contributed by atoms with Gasteiger partial charge < -0.3 is 14.6 Å². The van der Waals surface area contributed by atoms with Crippen LogP contribution in [-0.2, 0) is 20.5 Å². The molecule has 4 atom stereocenters. The number of carbonyl (C=O) groups excluding carboxylic acids is 2. The van der Waals surface area contributed by atoms with Crippen molar-refractivity contribution >= 4 is 23.3 Å². The van der Waals surface area contributed by atoms with Crippen molar-refractivity contribution in [2.75, 3.05) is 16.8 Å². The van der Waals surface area contributed by atoms with Crippen LogP contribution in [0.4, 0.5) is 24.7 Å². The van der Waals surface area contributed by atoms with Crippen LogP contribution < -0.4 is 10.2 Å². The highest BCUT2D eigenvalue weighted by atomic mass is 19.4. The number of halogens is 3. The van der Waals surface area contributed by atoms with Crippen LogP contribution in [0.3, 0.4) is 0 Å². The van der Waals surface area contributed by atoms with Crippen molar-refractivity contribution in [3.63, 3.8) is 0 Å². The van der Waals surface area contributed by atoms with Gasteiger partial charge in [0.15, 0.2) is 5.82 Å². The number of hydrogen-bond donors (Lipinski definition) is 1. The zero-order valence-electron chi connectivity index (χ0n) is 15.6. The van der Waals surface area contributed by atoms with E-state index in [2.05, 4.69) is 10.5 Å². The maximum Gasteiger partial charge on any atom is 0.416 e. The third-order valence-corrected chi connectivity index (χ3v) is 5.77. The van der Waals surface area contributed by atoms with E-state index in [9.17, 15) is 22.8 Å². The molecule has 0 unspecified atom stereocenters. The maximum absolute atomic E-state index is 13.1. The highest BCUT2D eigenvalue weighted by Crippen LogP contribution is 2.52. The quantitative estimate of drug-likeness (QED) is 0.774. The number of benzene rings is 1. The minimum absolute atomic E-state index is 0.208. The topological polar surface area (TPSA) is 84.7 Å². The standard InChI is InChI=1S/C20H16F3N3O4/c1-10-8-14(25-30-10)26-9-19-7-6-13(29-19)15(16(19)18(26)28)17(27)24-12-4-2-11(3-5-12)20(21,22)23/h2-8,13,15-16H,9H2,1H3,(H,24,27)/t13-,15+,16+,19+/m1/s1. The van der Waals surface area contributed by atoms with Crippen molar-refractivity contribution in [2.24, 2.45) is 11.8 Å². The SMILES string of the molecule is Cc1cc(N2C[C@]34C=C[C@@H](O3)[C@H](C(=O)Nc3ccc(C(F)(F)F)cc3)[C@H]4C2=O)no1. The maximum atomic E-state index is 13.1. The molecular weight excluding hydrogens is 403 g/mol. The number of aromatic nitrogens is 1. The van der Waals surface area contributed by atoms with E-state index in [0.29, 0.717) is 11.6 Å². The predicted molar refractivity (Wildman–Crippen MR) is 97.4 cm³/mol. The Kier molecular flexibility index (Phi) is 3.88. The van der Waals surface area contributed by atoms with E-state index in [1.165, 1.54) is 17.0 Å². The zero-order chi connectivity index (χ0) is 21.3. The summed E-state index contributed by atoms with van der Waals surface area (Å²) in [6.45, 7) is 1.91. The molecule has 0 aliphatic carbocycles. The molecule has 0 saturated carbocycles. The molecule has 1 N–H and O–H groups in total. The minimum Gasteiger partial charge on any atom is -0.360 e. The van der Waals surface area contributed by atoms with Gasteiger partial charge in [0.25, 0.3) is 0 Å². The number of nitrogens with zero attached hydrogens (tertiary/aromatic N) is 2. The number of amides is 2. The first-order valence-corrected chi connectivity index (χ1v) is 9.28. The number of carbonyl (C=O) groups is 2. The van der Waals surface area contributed by atoms with Crippen LogP contribution >= 0.6 is 0 Å². The number of hydrogen-bond acceptors (Lipinski definition) is 5. The number of anilines is 2. The average Bonchev–Trinajstić information content (AvgIpc) is 3.42. The second-order valence-corrected chi connectivity index (χ2v) is 7.68. The van der Waals surface area contributed by atoms with Crippen LogP contribution in [0.2, 0.25) is 0 Å². The summed E-state index contributed by atoms with van der Waals surface area (Å²) in [5.41, 5.74) is -1.53. The van der Waals surface area contributed by atoms with Gasteiger partial charge in [0.05, 0.1) is 30.0 Å². The first-order valence-electron chi connectivity index (χ1n) is 9.28. The molecule has 2 saturated heterocycles. The molecular formula is C20H16F3N3O4. The van der Waals surface area contributed by atoms with Gasteiger partial charge in [-0.05, 0) is 31.2 Å². The Labute approximate surface area is 168 Å². The fraction of sp³-hybridized carbons (Fsp3) is 0.350. The number of aryl methyl sites for hydroxylation is 1. The smallest absolute Gasteiger partial charge is 0.360 e. The van der Waals surface area contributed by atoms with Crippen molar-refractivity contribution in [1.82, 2.24) is 5.16 Å². The van der Waals surface area contributed by atoms with E-state index >= 15 is 0 Å². The Morgan fingerprint density at radius 1 is 1.30 bits per heavy atom. The second kappa shape index (κ2) is 6.18. The molecule has 0 radical (unpaired) electrons. The molecule has 156 valence electrons. The van der Waals surface area contributed by atoms with Crippen molar-refractivity contribution < 1.29 is 32.0 Å². The average molecular weight is 419 g/mol. The zero-order valence-corrected chi connectivity index (χ0v) is 15.6. The Morgan fingerprint density at radius 3 is 2.67 bits per heavy atom. The van der Waals surface area contributed by atoms with Crippen LogP contribution in [-0.4, -0.2) is 35.2 Å². The fourth-order valence-corrected chi connectivity index (χ4v) is 4.44. The number of ether oxygens (including phenoxy) is 1. The van der Waals surface area contributed by atoms with E-state index < -0.39 is 41.2 Å². The summed E-state index contributed by atoms with van der Waals surface area (Å²) in [5, 5.41) is 6.49. The molecule has 1 aromatic carbocycles. The summed E-state index contributed by atoms with van der Waals surface area (Å²) in [6, 6.07) is 5.78. The third-order valence-electron chi connectivity index (χ3n) is 5.77. The van der Waals surface area contributed by atoms with Gasteiger partial charge in [-0.3, -0.25) is 14.5 Å². The normalized spacial score (nSPS) is 29.5. The molecule has 2 bridgehead atoms. The summed E-state index contributed by atoms with van der Waals surface area (Å²) >= 11 is 0. The van der Waals surface area contributed by atoms with Gasteiger partial charge in [0.2, 0.25) is 11.8 Å². The van der Waals surface area contributed by atoms with E-state index in [1.54, 1.807) is 25.1 Å². The summed E-state index contributed by atoms with van der Waals surface area (Å²) in [7, 11) is 0. The Balaban J connectivity index is 1.38. The van der Waals surface area contributed by atoms with Gasteiger partial charge >= 0.3 is 6.18 Å². The van der Waals surface area contributed by atoms with Crippen molar-refractivity contribution in [1.29, 1.82) is 0 Å². The number of fused-ring (bicyclic) bond motifs is 1. The van der Waals surface area contributed by atoms with Crippen molar-refractivity contribution in [2.45, 2.75) is 24.8 Å². The molecule has 30 heavy (non-hydrogen) atoms. The summed E-state index contributed by atoms with van der Waals surface area (Å²) in [5.74, 6) is -1.44. The van der Waals surface area contributed by atoms with Crippen LogP contribution in [0, 0.1) is 18.8 Å². The highest BCUT2D eigenvalue weighted by molar-refractivity contribution is 6.05. The summed E-state index contributed by atoms with van der Waals surface area (Å²) in [6.07, 6.45) is -1.49. The lowest BCUT2D eigenvalue weighted by molar-refractivity contribution is -0.137. The summed E-state index contributed by atoms with van der Waals surface area (Å²) < 4.78 is 49.3. The van der Waals surface area contributed by atoms with Gasteiger partial charge in [-0.15, -0.1) is 0 Å². The fourth-order valence-electron chi connectivity index (χ4n) is 4.44. The van der Waals surface area contributed by atoms with Crippen LogP contribution in [0.25, 0.3) is 0 Å². The largest absolute Gasteiger partial charge is 0.416 e. The van der Waals surface area contributed by atoms with Gasteiger partial charge in [0, 0.05) is 11.8 Å². The van der Waals surface area contributed by atoms with Crippen molar-refractivity contribution in [3.05, 3.63) is 53.8 Å². The molecule has 4 heterocycles. The molecule has 3 aliphatic rings. The first-order chi connectivity index (χ1) is 14.2. The summed E-state index contributed by atoms with van der Waals surface area (Å²) in [4.78, 5) is 27.5. The van der Waals surface area contributed by atoms with E-state index in [1.807, 2.05) is 0 Å². The molecule has 10 heteroatoms. The van der Waals surface area contributed by atoms with Gasteiger partial charge in [-0.25, -0.2) is 0 Å². The lowest BCUT2D eigenvalue weighted by Gasteiger charge is -2.23. The molecule has 1 spiro atoms. The molecule has 2 amide bonds. The van der Waals surface area contributed by atoms with Gasteiger partial charge in [-0.2, -0.15) is 13.2 Å². The molecule has 2 fully saturated rings. The molecule has 2 aromatic rings. The Bertz CT molecular complexity index is 1060. The van der Waals surface area contributed by atoms with Crippen LogP contribution in [0.5, 0.6) is 0 Å². The van der Waals surface area contributed by atoms with E-state index in [-0.39, 0.29) is 18.1 Å². The number of nitrogens with one attached hydrogen (secondary N) is 1. The number of alkyl halides is 3. The lowest BCUT2D eigenvalue weighted by Crippen LogP contribution is -2.41. The van der Waals surface area contributed by atoms with Crippen LogP contribution in [0.15, 0.2) is 47.0 Å². The monoisotopic (exact) mass is 419 g/mol. The van der Waals surface area contributed by atoms with Gasteiger partial charge in [0.1, 0.15) is 11.4 Å². The third kappa shape index (κ3) is 2.74. The molecule has 5 rings (SSSR count). The van der Waals surface area contributed by atoms with Crippen molar-refractivity contribution in [3.8, 4) is 0 Å². The lowest BCUT2D eigenvalue weighted by atomic mass is 9.77. The predicted octanol–water partition coefficient (Wildman–Crippen LogP) is 2.93. The molecule has 3 aliphatic heterocycles. The minimum atomic E-state index is -4.46. The van der Waals surface area contributed by atoms with E-state index in [4.69, 9.17) is 9.26 Å². The molecule has 7 nitrogen and oxygen atoms in total. The van der Waals surface area contributed by atoms with E-state index in [0.717, 1.165) is 12.1 Å². The van der Waals surface area contributed by atoms with Gasteiger partial charge in [-0.1, -0.05) is 17.3 Å². The van der Waals surface area contributed by atoms with Crippen LogP contribution in [0.1, 0.15) is 11.3 Å². The first kappa shape index (κ1) is 18.9. The molecule has 1 aromatic heterocycles. The highest BCUT2D eigenvalue weighted by Gasteiger charge is 2.67. The Morgan fingerprint density at radius 2 is 2.03 bits per heavy atom.